The van der Waals surface area contributed by atoms with E-state index in [4.69, 9.17) is 9.47 Å². The summed E-state index contributed by atoms with van der Waals surface area (Å²) < 4.78 is 34.4. The second kappa shape index (κ2) is 9.73. The van der Waals surface area contributed by atoms with Crippen molar-refractivity contribution in [1.29, 1.82) is 0 Å². The Hall–Kier alpha value is -2.09. The van der Waals surface area contributed by atoms with Crippen LogP contribution in [0.2, 0.25) is 0 Å². The van der Waals surface area contributed by atoms with Crippen LogP contribution in [0.5, 0.6) is 11.5 Å². The van der Waals surface area contributed by atoms with Gasteiger partial charge in [-0.3, -0.25) is 0 Å². The van der Waals surface area contributed by atoms with Crippen LogP contribution in [0.25, 0.3) is 0 Å². The van der Waals surface area contributed by atoms with Crippen molar-refractivity contribution in [3.05, 3.63) is 53.6 Å². The molecular formula is C20H27NO5S. The lowest BCUT2D eigenvalue weighted by molar-refractivity contribution is 0.105. The molecule has 0 fully saturated rings. The molecule has 0 radical (unpaired) electrons. The maximum Gasteiger partial charge on any atom is 0.175 e. The highest BCUT2D eigenvalue weighted by molar-refractivity contribution is 7.90. The van der Waals surface area contributed by atoms with Gasteiger partial charge in [-0.1, -0.05) is 12.1 Å². The highest BCUT2D eigenvalue weighted by atomic mass is 32.2. The fraction of sp³-hybridized carbons (Fsp3) is 0.400. The Labute approximate surface area is 161 Å². The topological polar surface area (TPSA) is 84.9 Å². The number of rotatable bonds is 10. The third kappa shape index (κ3) is 7.21. The quantitative estimate of drug-likeness (QED) is 0.602. The second-order valence-corrected chi connectivity index (χ2v) is 8.52. The van der Waals surface area contributed by atoms with Crippen LogP contribution in [0.15, 0.2) is 47.4 Å². The summed E-state index contributed by atoms with van der Waals surface area (Å²) in [5.74, 6) is 1.36. The van der Waals surface area contributed by atoms with E-state index in [2.05, 4.69) is 5.32 Å². The maximum absolute atomic E-state index is 11.6. The van der Waals surface area contributed by atoms with E-state index in [0.29, 0.717) is 31.0 Å². The van der Waals surface area contributed by atoms with Crippen molar-refractivity contribution >= 4 is 9.84 Å². The minimum atomic E-state index is -3.25. The van der Waals surface area contributed by atoms with Gasteiger partial charge < -0.3 is 19.9 Å². The first kappa shape index (κ1) is 21.2. The van der Waals surface area contributed by atoms with Gasteiger partial charge in [-0.05, 0) is 55.3 Å². The summed E-state index contributed by atoms with van der Waals surface area (Å²) in [5, 5.41) is 13.1. The Morgan fingerprint density at radius 1 is 1.07 bits per heavy atom. The van der Waals surface area contributed by atoms with Crippen molar-refractivity contribution < 1.29 is 23.0 Å². The predicted octanol–water partition coefficient (Wildman–Crippen LogP) is 2.12. The van der Waals surface area contributed by atoms with Crippen molar-refractivity contribution in [1.82, 2.24) is 5.32 Å². The van der Waals surface area contributed by atoms with E-state index in [1.807, 2.05) is 31.2 Å². The number of sulfone groups is 1. The molecule has 0 aliphatic carbocycles. The van der Waals surface area contributed by atoms with Crippen LogP contribution in [0, 0.1) is 13.8 Å². The molecule has 2 N–H and O–H groups in total. The van der Waals surface area contributed by atoms with Gasteiger partial charge in [-0.15, -0.1) is 0 Å². The number of aliphatic hydroxyl groups excluding tert-OH is 1. The van der Waals surface area contributed by atoms with Gasteiger partial charge in [-0.25, -0.2) is 8.42 Å². The molecule has 0 spiro atoms. The number of nitrogens with one attached hydrogen (secondary N) is 1. The third-order valence-electron chi connectivity index (χ3n) is 3.91. The first-order valence-electron chi connectivity index (χ1n) is 8.77. The van der Waals surface area contributed by atoms with Crippen LogP contribution in [-0.2, 0) is 9.84 Å². The smallest absolute Gasteiger partial charge is 0.175 e. The Kier molecular flexibility index (Phi) is 7.65. The normalized spacial score (nSPS) is 12.6. The average molecular weight is 394 g/mol. The van der Waals surface area contributed by atoms with E-state index in [0.717, 1.165) is 11.3 Å². The highest BCUT2D eigenvalue weighted by Gasteiger charge is 2.12. The van der Waals surface area contributed by atoms with Gasteiger partial charge in [0.2, 0.25) is 0 Å². The molecule has 0 saturated carbocycles. The Bertz CT molecular complexity index is 851. The lowest BCUT2D eigenvalue weighted by Gasteiger charge is -2.14. The molecule has 2 aromatic rings. The van der Waals surface area contributed by atoms with Gasteiger partial charge in [0.25, 0.3) is 0 Å². The van der Waals surface area contributed by atoms with Crippen molar-refractivity contribution in [3.8, 4) is 11.5 Å². The van der Waals surface area contributed by atoms with Crippen molar-refractivity contribution in [3.63, 3.8) is 0 Å². The number of aryl methyl sites for hydroxylation is 2. The van der Waals surface area contributed by atoms with Crippen molar-refractivity contribution in [2.45, 2.75) is 24.8 Å². The molecule has 0 aliphatic heterocycles. The van der Waals surface area contributed by atoms with Crippen molar-refractivity contribution in [2.24, 2.45) is 0 Å². The molecule has 1 atom stereocenters. The fourth-order valence-corrected chi connectivity index (χ4v) is 3.55. The Balaban J connectivity index is 1.67. The lowest BCUT2D eigenvalue weighted by Crippen LogP contribution is -2.33. The molecule has 2 aromatic carbocycles. The van der Waals surface area contributed by atoms with Crippen LogP contribution in [0.3, 0.4) is 0 Å². The summed E-state index contributed by atoms with van der Waals surface area (Å²) in [5.41, 5.74) is 1.77. The van der Waals surface area contributed by atoms with Crippen LogP contribution in [0.1, 0.15) is 11.1 Å². The number of hydrogen-bond donors (Lipinski definition) is 2. The summed E-state index contributed by atoms with van der Waals surface area (Å²) >= 11 is 0. The highest BCUT2D eigenvalue weighted by Crippen LogP contribution is 2.21. The zero-order chi connectivity index (χ0) is 19.9. The van der Waals surface area contributed by atoms with E-state index in [9.17, 15) is 13.5 Å². The second-order valence-electron chi connectivity index (χ2n) is 6.53. The number of benzene rings is 2. The SMILES string of the molecule is Cc1cccc(OCCNCC(O)COc2ccc(S(C)(=O)=O)c(C)c2)c1. The largest absolute Gasteiger partial charge is 0.492 e. The zero-order valence-electron chi connectivity index (χ0n) is 15.9. The van der Waals surface area contributed by atoms with E-state index in [1.165, 1.54) is 12.3 Å². The minimum Gasteiger partial charge on any atom is -0.492 e. The number of aliphatic hydroxyl groups is 1. The Morgan fingerprint density at radius 2 is 1.81 bits per heavy atom. The lowest BCUT2D eigenvalue weighted by atomic mass is 10.2. The molecule has 2 rings (SSSR count). The monoisotopic (exact) mass is 393 g/mol. The first-order valence-corrected chi connectivity index (χ1v) is 10.7. The summed E-state index contributed by atoms with van der Waals surface area (Å²) in [6.45, 7) is 5.32. The van der Waals surface area contributed by atoms with Crippen LogP contribution in [-0.4, -0.2) is 52.2 Å². The molecule has 148 valence electrons. The molecule has 0 saturated heterocycles. The number of ether oxygens (including phenoxy) is 2. The van der Waals surface area contributed by atoms with Gasteiger partial charge in [0.1, 0.15) is 30.8 Å². The molecule has 6 nitrogen and oxygen atoms in total. The van der Waals surface area contributed by atoms with Crippen LogP contribution >= 0.6 is 0 Å². The van der Waals surface area contributed by atoms with Crippen molar-refractivity contribution in [2.75, 3.05) is 32.6 Å². The summed E-state index contributed by atoms with van der Waals surface area (Å²) in [6.07, 6.45) is 0.493. The molecule has 0 amide bonds. The molecule has 1 unspecified atom stereocenters. The standard InChI is InChI=1S/C20H27NO5S/c1-15-5-4-6-18(11-15)25-10-9-21-13-17(22)14-26-19-7-8-20(16(2)12-19)27(3,23)24/h4-8,11-12,17,21-22H,9-10,13-14H2,1-3H3. The van der Waals surface area contributed by atoms with Gasteiger partial charge in [0.15, 0.2) is 9.84 Å². The van der Waals surface area contributed by atoms with Gasteiger partial charge in [0.05, 0.1) is 4.90 Å². The average Bonchev–Trinajstić information content (AvgIpc) is 2.58. The maximum atomic E-state index is 11.6. The third-order valence-corrected chi connectivity index (χ3v) is 5.16. The molecular weight excluding hydrogens is 366 g/mol. The fourth-order valence-electron chi connectivity index (χ4n) is 2.59. The van der Waals surface area contributed by atoms with E-state index in [1.54, 1.807) is 19.1 Å². The van der Waals surface area contributed by atoms with Crippen LogP contribution in [0.4, 0.5) is 0 Å². The van der Waals surface area contributed by atoms with E-state index >= 15 is 0 Å². The summed E-state index contributed by atoms with van der Waals surface area (Å²) in [6, 6.07) is 12.6. The summed E-state index contributed by atoms with van der Waals surface area (Å²) in [7, 11) is -3.25. The molecule has 27 heavy (non-hydrogen) atoms. The minimum absolute atomic E-state index is 0.114. The van der Waals surface area contributed by atoms with E-state index < -0.39 is 15.9 Å². The summed E-state index contributed by atoms with van der Waals surface area (Å²) in [4.78, 5) is 0.283. The van der Waals surface area contributed by atoms with E-state index in [-0.39, 0.29) is 11.5 Å². The Morgan fingerprint density at radius 3 is 2.48 bits per heavy atom. The number of hydrogen-bond acceptors (Lipinski definition) is 6. The first-order chi connectivity index (χ1) is 12.8. The van der Waals surface area contributed by atoms with Crippen LogP contribution < -0.4 is 14.8 Å². The molecule has 0 aliphatic rings. The van der Waals surface area contributed by atoms with Gasteiger partial charge >= 0.3 is 0 Å². The molecule has 7 heteroatoms. The predicted molar refractivity (Wildman–Crippen MR) is 105 cm³/mol. The molecule has 0 aromatic heterocycles. The van der Waals surface area contributed by atoms with Gasteiger partial charge in [-0.2, -0.15) is 0 Å². The van der Waals surface area contributed by atoms with Gasteiger partial charge in [0, 0.05) is 19.3 Å². The molecule has 0 heterocycles. The molecule has 0 bridgehead atoms. The zero-order valence-corrected chi connectivity index (χ0v) is 16.8.